The van der Waals surface area contributed by atoms with Gasteiger partial charge < -0.3 is 19.1 Å². The third-order valence-corrected chi connectivity index (χ3v) is 16.2. The minimum atomic E-state index is -0.989. The van der Waals surface area contributed by atoms with E-state index in [1.807, 2.05) is 22.5 Å². The molecular formula is C53H55F2N11O6. The van der Waals surface area contributed by atoms with Gasteiger partial charge in [0.25, 0.3) is 5.91 Å². The summed E-state index contributed by atoms with van der Waals surface area (Å²) in [6, 6.07) is 14.0. The van der Waals surface area contributed by atoms with E-state index in [2.05, 4.69) is 54.2 Å². The fourth-order valence-electron chi connectivity index (χ4n) is 12.8. The zero-order valence-electron chi connectivity index (χ0n) is 41.2. The number of halogens is 2. The molecule has 19 heteroatoms. The number of H-pyrrole nitrogens is 1. The van der Waals surface area contributed by atoms with Gasteiger partial charge >= 0.3 is 11.4 Å². The number of rotatable bonds is 8. The second-order valence-electron chi connectivity index (χ2n) is 21.3. The minimum absolute atomic E-state index is 0.0147. The Morgan fingerprint density at radius 1 is 0.958 bits per heavy atom. The van der Waals surface area contributed by atoms with E-state index < -0.39 is 34.4 Å². The molecule has 5 atom stereocenters. The first-order valence-corrected chi connectivity index (χ1v) is 24.6. The number of aromatic nitrogens is 9. The topological polar surface area (TPSA) is 176 Å². The van der Waals surface area contributed by atoms with E-state index in [1.54, 1.807) is 59.6 Å². The van der Waals surface area contributed by atoms with E-state index in [1.165, 1.54) is 27.6 Å². The molecule has 372 valence electrons. The summed E-state index contributed by atoms with van der Waals surface area (Å²) in [5.74, 6) is -1.28. The van der Waals surface area contributed by atoms with Crippen molar-refractivity contribution in [2.24, 2.45) is 13.0 Å². The first kappa shape index (κ1) is 45.7. The van der Waals surface area contributed by atoms with Crippen molar-refractivity contribution < 1.29 is 27.6 Å². The molecular weight excluding hydrogens is 925 g/mol. The highest BCUT2D eigenvalue weighted by molar-refractivity contribution is 6.00. The van der Waals surface area contributed by atoms with E-state index in [-0.39, 0.29) is 53.2 Å². The molecule has 0 bridgehead atoms. The molecule has 2 amide bonds. The van der Waals surface area contributed by atoms with Crippen LogP contribution in [-0.4, -0.2) is 96.4 Å². The lowest BCUT2D eigenvalue weighted by molar-refractivity contribution is -0.122. The number of carbonyl (C=O) groups excluding carboxylic acids is 2. The number of aryl methyl sites for hydroxylation is 3. The summed E-state index contributed by atoms with van der Waals surface area (Å²) in [6.07, 6.45) is 8.83. The lowest BCUT2D eigenvalue weighted by Gasteiger charge is -2.53. The van der Waals surface area contributed by atoms with Gasteiger partial charge in [0.2, 0.25) is 6.41 Å². The molecule has 3 aliphatic heterocycles. The fraction of sp³-hybridized carbons (Fsp3) is 0.415. The standard InChI is InChI=1S/C53H55F2N11O6/c1-29-19-36(20-30(2)44(29)54)66-46(63-17-16-62(50(63)70)41-12-11-40-37(45(41)55)26-56-60(40)7)43-32(4)64(52(25-38(43)58-66)14-8-15-61(27-52)28-67)47(68)42-22-35-21-33(34-13-18-71-51(5,6)24-34)9-10-39(35)65(42)53(23-31(53)3)48-57-49(69)72-59-48/h9-12,16-17,19-22,26,28,31-32,34H,8,13-15,18,23-25,27H2,1-7H3,(H,57,59,69)/t31-,32-,34-,52?,53-/m0/s1. The molecule has 72 heavy (non-hydrogen) atoms. The number of aromatic amines is 1. The molecule has 12 rings (SSSR count). The summed E-state index contributed by atoms with van der Waals surface area (Å²) in [4.78, 5) is 63.4. The summed E-state index contributed by atoms with van der Waals surface area (Å²) in [6.45, 7) is 12.8. The summed E-state index contributed by atoms with van der Waals surface area (Å²) in [5.41, 5.74) is 2.34. The molecule has 3 fully saturated rings. The Labute approximate surface area is 411 Å². The molecule has 1 saturated carbocycles. The van der Waals surface area contributed by atoms with Gasteiger partial charge in [-0.2, -0.15) is 10.2 Å². The third-order valence-electron chi connectivity index (χ3n) is 16.2. The van der Waals surface area contributed by atoms with Crippen LogP contribution in [0.3, 0.4) is 0 Å². The number of piperidine rings is 1. The SMILES string of the molecule is Cc1cc(-n2nc3c(c2-n2ccn(-c4ccc5c(cnn5C)c4F)c2=O)[C@H](C)N(C(=O)c2cc4cc([C@H]5CCOC(C)(C)C5)ccc4n2[C@@]2(c4noc(=O)[nH]4)C[C@@H]2C)C2(CCCN(C=O)C2)C3)cc(C)c1F. The van der Waals surface area contributed by atoms with Gasteiger partial charge in [-0.1, -0.05) is 18.1 Å². The van der Waals surface area contributed by atoms with Gasteiger partial charge in [-0.3, -0.25) is 32.9 Å². The monoisotopic (exact) mass is 979 g/mol. The maximum Gasteiger partial charge on any atom is 0.438 e. The zero-order valence-corrected chi connectivity index (χ0v) is 41.2. The molecule has 2 saturated heterocycles. The van der Waals surface area contributed by atoms with E-state index in [9.17, 15) is 9.59 Å². The third kappa shape index (κ3) is 6.75. The van der Waals surface area contributed by atoms with Crippen molar-refractivity contribution in [3.05, 3.63) is 139 Å². The molecule has 8 heterocycles. The van der Waals surface area contributed by atoms with Crippen molar-refractivity contribution in [2.75, 3.05) is 19.7 Å². The summed E-state index contributed by atoms with van der Waals surface area (Å²) >= 11 is 0. The van der Waals surface area contributed by atoms with E-state index in [0.717, 1.165) is 35.7 Å². The summed E-state index contributed by atoms with van der Waals surface area (Å²) < 4.78 is 50.8. The number of likely N-dealkylation sites (tertiary alicyclic amines) is 1. The van der Waals surface area contributed by atoms with E-state index in [0.29, 0.717) is 83.3 Å². The number of hydrogen-bond donors (Lipinski definition) is 1. The van der Waals surface area contributed by atoms with Crippen molar-refractivity contribution in [2.45, 2.75) is 109 Å². The highest BCUT2D eigenvalue weighted by Crippen LogP contribution is 2.57. The van der Waals surface area contributed by atoms with Crippen LogP contribution in [0, 0.1) is 31.4 Å². The molecule has 4 aliphatic rings. The first-order chi connectivity index (χ1) is 34.4. The van der Waals surface area contributed by atoms with Crippen molar-refractivity contribution in [1.82, 2.24) is 53.2 Å². The van der Waals surface area contributed by atoms with Gasteiger partial charge in [0.05, 0.1) is 51.4 Å². The lowest BCUT2D eigenvalue weighted by Crippen LogP contribution is -2.64. The fourth-order valence-corrected chi connectivity index (χ4v) is 12.8. The van der Waals surface area contributed by atoms with Gasteiger partial charge in [-0.15, -0.1) is 0 Å². The smallest absolute Gasteiger partial charge is 0.376 e. The van der Waals surface area contributed by atoms with Gasteiger partial charge in [-0.25, -0.2) is 23.1 Å². The molecule has 1 spiro atoms. The first-order valence-electron chi connectivity index (χ1n) is 24.6. The van der Waals surface area contributed by atoms with Crippen LogP contribution >= 0.6 is 0 Å². The minimum Gasteiger partial charge on any atom is -0.376 e. The van der Waals surface area contributed by atoms with Crippen molar-refractivity contribution >= 4 is 34.1 Å². The second kappa shape index (κ2) is 16.0. The van der Waals surface area contributed by atoms with Gasteiger partial charge in [0.1, 0.15) is 22.9 Å². The van der Waals surface area contributed by atoms with Crippen LogP contribution in [0.15, 0.2) is 81.2 Å². The number of carbonyl (C=O) groups is 2. The predicted molar refractivity (Wildman–Crippen MR) is 262 cm³/mol. The van der Waals surface area contributed by atoms with E-state index in [4.69, 9.17) is 14.4 Å². The van der Waals surface area contributed by atoms with Crippen LogP contribution in [0.25, 0.3) is 39.0 Å². The number of imidazole rings is 1. The van der Waals surface area contributed by atoms with Crippen molar-refractivity contribution in [1.29, 1.82) is 0 Å². The van der Waals surface area contributed by atoms with Crippen LogP contribution in [-0.2, 0) is 28.5 Å². The Kier molecular flexibility index (Phi) is 10.2. The lowest BCUT2D eigenvalue weighted by atomic mass is 9.76. The average Bonchev–Trinajstić information content (AvgIpc) is 3.98. The van der Waals surface area contributed by atoms with Gasteiger partial charge in [0.15, 0.2) is 11.6 Å². The van der Waals surface area contributed by atoms with Crippen molar-refractivity contribution in [3.63, 3.8) is 0 Å². The molecule has 17 nitrogen and oxygen atoms in total. The van der Waals surface area contributed by atoms with Crippen LogP contribution < -0.4 is 11.4 Å². The van der Waals surface area contributed by atoms with Crippen LogP contribution in [0.2, 0.25) is 0 Å². The maximum atomic E-state index is 16.5. The normalized spacial score (nSPS) is 23.9. The van der Waals surface area contributed by atoms with Crippen LogP contribution in [0.1, 0.15) is 116 Å². The highest BCUT2D eigenvalue weighted by Gasteiger charge is 2.60. The summed E-state index contributed by atoms with van der Waals surface area (Å²) in [5, 5.41) is 14.8. The Bertz CT molecular complexity index is 3660. The van der Waals surface area contributed by atoms with Gasteiger partial charge in [0, 0.05) is 62.0 Å². The maximum absolute atomic E-state index is 16.5. The second-order valence-corrected chi connectivity index (χ2v) is 21.3. The van der Waals surface area contributed by atoms with E-state index >= 15 is 18.4 Å². The molecule has 1 unspecified atom stereocenters. The molecule has 3 aromatic carbocycles. The largest absolute Gasteiger partial charge is 0.438 e. The van der Waals surface area contributed by atoms with Crippen molar-refractivity contribution in [3.8, 4) is 17.2 Å². The quantitative estimate of drug-likeness (QED) is 0.152. The average molecular weight is 980 g/mol. The number of hydrogen-bond acceptors (Lipinski definition) is 9. The number of nitrogens with one attached hydrogen (secondary N) is 1. The molecule has 5 aromatic heterocycles. The van der Waals surface area contributed by atoms with Crippen LogP contribution in [0.5, 0.6) is 0 Å². The molecule has 1 aliphatic carbocycles. The number of nitrogens with zero attached hydrogens (tertiary/aromatic N) is 10. The Balaban J connectivity index is 1.08. The van der Waals surface area contributed by atoms with Gasteiger partial charge in [-0.05, 0) is 138 Å². The Morgan fingerprint density at radius 2 is 1.71 bits per heavy atom. The number of amides is 2. The number of fused-ring (bicyclic) bond motifs is 3. The Hall–Kier alpha value is -7.41. The number of benzene rings is 3. The number of ether oxygens (including phenoxy) is 1. The Morgan fingerprint density at radius 3 is 2.42 bits per heavy atom. The summed E-state index contributed by atoms with van der Waals surface area (Å²) in [7, 11) is 1.71. The molecule has 1 N–H and O–H groups in total. The van der Waals surface area contributed by atoms with Crippen LogP contribution in [0.4, 0.5) is 8.78 Å². The highest BCUT2D eigenvalue weighted by atomic mass is 19.1. The molecule has 0 radical (unpaired) electrons. The predicted octanol–water partition coefficient (Wildman–Crippen LogP) is 7.43. The zero-order chi connectivity index (χ0) is 50.3. The molecule has 8 aromatic rings.